The van der Waals surface area contributed by atoms with E-state index in [-0.39, 0.29) is 16.6 Å². The lowest BCUT2D eigenvalue weighted by Crippen LogP contribution is -2.54. The highest BCUT2D eigenvalue weighted by molar-refractivity contribution is 5.82. The van der Waals surface area contributed by atoms with Crippen molar-refractivity contribution in [2.75, 3.05) is 13.2 Å². The van der Waals surface area contributed by atoms with Gasteiger partial charge in [-0.2, -0.15) is 0 Å². The Morgan fingerprint density at radius 1 is 1.04 bits per heavy atom. The fourth-order valence-electron chi connectivity index (χ4n) is 7.36. The van der Waals surface area contributed by atoms with Crippen molar-refractivity contribution < 1.29 is 14.3 Å². The second kappa shape index (κ2) is 4.94. The molecule has 3 saturated carbocycles. The molecule has 1 aliphatic heterocycles. The average Bonchev–Trinajstić information content (AvgIpc) is 3.15. The zero-order valence-electron chi connectivity index (χ0n) is 15.1. The summed E-state index contributed by atoms with van der Waals surface area (Å²) in [5, 5.41) is 0. The van der Waals surface area contributed by atoms with Gasteiger partial charge < -0.3 is 9.47 Å². The van der Waals surface area contributed by atoms with Gasteiger partial charge in [-0.15, -0.1) is 0 Å². The summed E-state index contributed by atoms with van der Waals surface area (Å²) >= 11 is 0. The summed E-state index contributed by atoms with van der Waals surface area (Å²) in [6.07, 6.45) is 11.0. The Hall–Kier alpha value is -0.670. The van der Waals surface area contributed by atoms with Crippen molar-refractivity contribution in [1.82, 2.24) is 0 Å². The van der Waals surface area contributed by atoms with Gasteiger partial charge in [0.25, 0.3) is 0 Å². The molecular weight excluding hydrogens is 300 g/mol. The zero-order chi connectivity index (χ0) is 16.6. The molecule has 0 N–H and O–H groups in total. The van der Waals surface area contributed by atoms with Crippen molar-refractivity contribution in [3.05, 3.63) is 11.6 Å². The molecule has 0 bridgehead atoms. The summed E-state index contributed by atoms with van der Waals surface area (Å²) in [6, 6.07) is 0. The highest BCUT2D eigenvalue weighted by Gasteiger charge is 2.66. The molecule has 1 saturated heterocycles. The van der Waals surface area contributed by atoms with E-state index in [1.165, 1.54) is 31.3 Å². The summed E-state index contributed by atoms with van der Waals surface area (Å²) in [5.74, 6) is 2.36. The molecule has 0 amide bonds. The molecule has 0 aromatic heterocycles. The first-order valence-electron chi connectivity index (χ1n) is 9.98. The molecule has 5 rings (SSSR count). The molecule has 1 spiro atoms. The van der Waals surface area contributed by atoms with Crippen LogP contribution in [0.2, 0.25) is 0 Å². The lowest BCUT2D eigenvalue weighted by molar-refractivity contribution is -0.241. The topological polar surface area (TPSA) is 35.5 Å². The van der Waals surface area contributed by atoms with Crippen LogP contribution in [-0.4, -0.2) is 24.8 Å². The summed E-state index contributed by atoms with van der Waals surface area (Å²) in [4.78, 5) is 11.9. The van der Waals surface area contributed by atoms with E-state index in [4.69, 9.17) is 9.47 Å². The number of allylic oxidation sites excluding steroid dienone is 2. The summed E-state index contributed by atoms with van der Waals surface area (Å²) in [5.41, 5.74) is 1.91. The predicted molar refractivity (Wildman–Crippen MR) is 91.3 cm³/mol. The number of carbonyl (C=O) groups excluding carboxylic acids is 1. The molecule has 3 nitrogen and oxygen atoms in total. The predicted octanol–water partition coefficient (Wildman–Crippen LogP) is 4.26. The first kappa shape index (κ1) is 15.6. The summed E-state index contributed by atoms with van der Waals surface area (Å²) < 4.78 is 12.4. The van der Waals surface area contributed by atoms with Crippen molar-refractivity contribution in [1.29, 1.82) is 0 Å². The average molecular weight is 330 g/mol. The molecule has 0 aromatic carbocycles. The molecule has 1 heterocycles. The quantitative estimate of drug-likeness (QED) is 0.623. The maximum absolute atomic E-state index is 11.9. The number of Topliss-reactive ketones (excluding diaryl/α,β-unsaturated/α-hetero) is 1. The van der Waals surface area contributed by atoms with Crippen molar-refractivity contribution >= 4 is 5.78 Å². The SMILES string of the molecule is C[C@]12CCC(=O)CC1=CC[C@@H]1[C@@H]2CC[C@@]2(C)[C@H]1CCC21OCCO1. The second-order valence-corrected chi connectivity index (χ2v) is 9.42. The smallest absolute Gasteiger partial charge is 0.174 e. The largest absolute Gasteiger partial charge is 0.347 e. The molecular formula is C21H30O3. The fraction of sp³-hybridized carbons (Fsp3) is 0.857. The van der Waals surface area contributed by atoms with Crippen LogP contribution in [0, 0.1) is 28.6 Å². The van der Waals surface area contributed by atoms with Crippen LogP contribution in [-0.2, 0) is 14.3 Å². The third kappa shape index (κ3) is 1.78. The van der Waals surface area contributed by atoms with Gasteiger partial charge in [0.05, 0.1) is 13.2 Å². The number of rotatable bonds is 0. The van der Waals surface area contributed by atoms with E-state index >= 15 is 0 Å². The van der Waals surface area contributed by atoms with Gasteiger partial charge in [0.15, 0.2) is 5.79 Å². The molecule has 4 fully saturated rings. The van der Waals surface area contributed by atoms with Crippen LogP contribution in [0.25, 0.3) is 0 Å². The molecule has 4 aliphatic carbocycles. The van der Waals surface area contributed by atoms with Crippen LogP contribution in [0.4, 0.5) is 0 Å². The van der Waals surface area contributed by atoms with Crippen LogP contribution in [0.15, 0.2) is 11.6 Å². The highest BCUT2D eigenvalue weighted by atomic mass is 16.7. The van der Waals surface area contributed by atoms with E-state index in [0.717, 1.165) is 50.7 Å². The first-order chi connectivity index (χ1) is 11.5. The molecule has 5 atom stereocenters. The molecule has 5 aliphatic rings. The van der Waals surface area contributed by atoms with Crippen LogP contribution >= 0.6 is 0 Å². The molecule has 24 heavy (non-hydrogen) atoms. The third-order valence-electron chi connectivity index (χ3n) is 8.73. The third-order valence-corrected chi connectivity index (χ3v) is 8.73. The van der Waals surface area contributed by atoms with Gasteiger partial charge in [-0.05, 0) is 55.3 Å². The maximum atomic E-state index is 11.9. The Balaban J connectivity index is 1.50. The van der Waals surface area contributed by atoms with Crippen LogP contribution in [0.1, 0.15) is 65.2 Å². The summed E-state index contributed by atoms with van der Waals surface area (Å²) in [7, 11) is 0. The second-order valence-electron chi connectivity index (χ2n) is 9.42. The van der Waals surface area contributed by atoms with Gasteiger partial charge in [-0.3, -0.25) is 4.79 Å². The summed E-state index contributed by atoms with van der Waals surface area (Å²) in [6.45, 7) is 6.43. The van der Waals surface area contributed by atoms with Crippen LogP contribution in [0.3, 0.4) is 0 Å². The first-order valence-corrected chi connectivity index (χ1v) is 9.98. The lowest BCUT2D eigenvalue weighted by atomic mass is 9.48. The molecule has 3 heteroatoms. The van der Waals surface area contributed by atoms with Crippen LogP contribution in [0.5, 0.6) is 0 Å². The van der Waals surface area contributed by atoms with Crippen LogP contribution < -0.4 is 0 Å². The van der Waals surface area contributed by atoms with Crippen molar-refractivity contribution in [2.45, 2.75) is 71.0 Å². The Bertz CT molecular complexity index is 602. The van der Waals surface area contributed by atoms with Gasteiger partial charge >= 0.3 is 0 Å². The minimum absolute atomic E-state index is 0.177. The van der Waals surface area contributed by atoms with Crippen molar-refractivity contribution in [3.8, 4) is 0 Å². The minimum atomic E-state index is -0.296. The Morgan fingerprint density at radius 2 is 1.79 bits per heavy atom. The van der Waals surface area contributed by atoms with E-state index in [0.29, 0.717) is 11.7 Å². The number of ether oxygens (including phenoxy) is 2. The van der Waals surface area contributed by atoms with E-state index < -0.39 is 0 Å². The molecule has 0 aromatic rings. The van der Waals surface area contributed by atoms with Crippen molar-refractivity contribution in [3.63, 3.8) is 0 Å². The molecule has 0 radical (unpaired) electrons. The van der Waals surface area contributed by atoms with E-state index in [1.54, 1.807) is 0 Å². The standard InChI is InChI=1S/C21H30O3/c1-19-8-5-15(22)13-14(19)3-4-16-17(19)6-9-20(2)18(16)7-10-21(20)23-11-12-24-21/h3,16-18H,4-13H2,1-2H3/t16-,17+,18+,19+,20+/m1/s1. The number of carbonyl (C=O) groups is 1. The van der Waals surface area contributed by atoms with Gasteiger partial charge in [-0.1, -0.05) is 25.5 Å². The zero-order valence-corrected chi connectivity index (χ0v) is 15.1. The Kier molecular flexibility index (Phi) is 3.21. The highest BCUT2D eigenvalue weighted by Crippen LogP contribution is 2.68. The minimum Gasteiger partial charge on any atom is -0.347 e. The van der Waals surface area contributed by atoms with Gasteiger partial charge in [0, 0.05) is 24.7 Å². The Morgan fingerprint density at radius 3 is 2.58 bits per heavy atom. The Labute approximate surface area is 145 Å². The number of hydrogen-bond donors (Lipinski definition) is 0. The van der Waals surface area contributed by atoms with Gasteiger partial charge in [0.2, 0.25) is 0 Å². The van der Waals surface area contributed by atoms with E-state index in [1.807, 2.05) is 0 Å². The maximum Gasteiger partial charge on any atom is 0.174 e. The van der Waals surface area contributed by atoms with Crippen molar-refractivity contribution in [2.24, 2.45) is 28.6 Å². The monoisotopic (exact) mass is 330 g/mol. The van der Waals surface area contributed by atoms with E-state index in [9.17, 15) is 4.79 Å². The lowest BCUT2D eigenvalue weighted by Gasteiger charge is -2.58. The van der Waals surface area contributed by atoms with Gasteiger partial charge in [-0.25, -0.2) is 0 Å². The fourth-order valence-corrected chi connectivity index (χ4v) is 7.36. The number of hydrogen-bond acceptors (Lipinski definition) is 3. The normalized spacial score (nSPS) is 49.5. The number of ketones is 1. The van der Waals surface area contributed by atoms with Gasteiger partial charge in [0.1, 0.15) is 5.78 Å². The van der Waals surface area contributed by atoms with E-state index in [2.05, 4.69) is 19.9 Å². The molecule has 0 unspecified atom stereocenters. The number of fused-ring (bicyclic) bond motifs is 6. The molecule has 132 valence electrons.